The third kappa shape index (κ3) is 3.57. The number of rotatable bonds is 4. The molecule has 4 heteroatoms. The van der Waals surface area contributed by atoms with Gasteiger partial charge in [-0.2, -0.15) is 5.10 Å². The standard InChI is InChI=1S/C25H23N3O/c1-17-11-10-12-18(2)23(17)26-25(29)22-19(3)28(21-15-8-5-9-16-21)27-24(22)20-13-6-4-7-14-20/h4-16H,1-3H3,(H,26,29). The molecule has 29 heavy (non-hydrogen) atoms. The van der Waals surface area contributed by atoms with E-state index in [0.717, 1.165) is 33.8 Å². The zero-order valence-corrected chi connectivity index (χ0v) is 16.8. The van der Waals surface area contributed by atoms with Crippen LogP contribution in [0.2, 0.25) is 0 Å². The Morgan fingerprint density at radius 3 is 2.00 bits per heavy atom. The summed E-state index contributed by atoms with van der Waals surface area (Å²) >= 11 is 0. The lowest BCUT2D eigenvalue weighted by molar-refractivity contribution is 0.102. The highest BCUT2D eigenvalue weighted by atomic mass is 16.1. The van der Waals surface area contributed by atoms with Crippen molar-refractivity contribution in [1.82, 2.24) is 9.78 Å². The van der Waals surface area contributed by atoms with Crippen LogP contribution in [-0.2, 0) is 0 Å². The average molecular weight is 381 g/mol. The van der Waals surface area contributed by atoms with Gasteiger partial charge in [0.1, 0.15) is 5.69 Å². The van der Waals surface area contributed by atoms with Crippen LogP contribution in [0.4, 0.5) is 5.69 Å². The van der Waals surface area contributed by atoms with Gasteiger partial charge < -0.3 is 5.32 Å². The van der Waals surface area contributed by atoms with Crippen LogP contribution in [0.25, 0.3) is 16.9 Å². The van der Waals surface area contributed by atoms with E-state index in [9.17, 15) is 4.79 Å². The van der Waals surface area contributed by atoms with Crippen molar-refractivity contribution in [2.24, 2.45) is 0 Å². The number of aromatic nitrogens is 2. The van der Waals surface area contributed by atoms with Gasteiger partial charge in [-0.1, -0.05) is 66.7 Å². The minimum Gasteiger partial charge on any atom is -0.321 e. The molecule has 0 saturated heterocycles. The smallest absolute Gasteiger partial charge is 0.259 e. The fourth-order valence-electron chi connectivity index (χ4n) is 3.58. The van der Waals surface area contributed by atoms with E-state index < -0.39 is 0 Å². The topological polar surface area (TPSA) is 46.9 Å². The second kappa shape index (κ2) is 7.76. The second-order valence-corrected chi connectivity index (χ2v) is 7.14. The molecule has 4 rings (SSSR count). The zero-order valence-electron chi connectivity index (χ0n) is 16.8. The van der Waals surface area contributed by atoms with Gasteiger partial charge in [-0.15, -0.1) is 0 Å². The van der Waals surface area contributed by atoms with Crippen molar-refractivity contribution in [3.63, 3.8) is 0 Å². The van der Waals surface area contributed by atoms with Crippen LogP contribution in [0.3, 0.4) is 0 Å². The molecule has 0 radical (unpaired) electrons. The molecule has 144 valence electrons. The maximum absolute atomic E-state index is 13.4. The maximum Gasteiger partial charge on any atom is 0.259 e. The highest BCUT2D eigenvalue weighted by molar-refractivity contribution is 6.09. The van der Waals surface area contributed by atoms with Crippen molar-refractivity contribution < 1.29 is 4.79 Å². The Morgan fingerprint density at radius 1 is 0.793 bits per heavy atom. The predicted molar refractivity (Wildman–Crippen MR) is 118 cm³/mol. The minimum atomic E-state index is -0.152. The average Bonchev–Trinajstić information content (AvgIpc) is 3.09. The van der Waals surface area contributed by atoms with E-state index in [4.69, 9.17) is 5.10 Å². The number of aryl methyl sites for hydroxylation is 2. The quantitative estimate of drug-likeness (QED) is 0.492. The molecule has 4 nitrogen and oxygen atoms in total. The van der Waals surface area contributed by atoms with Gasteiger partial charge in [0, 0.05) is 11.3 Å². The molecule has 0 unspecified atom stereocenters. The first kappa shape index (κ1) is 18.7. The molecule has 0 saturated carbocycles. The summed E-state index contributed by atoms with van der Waals surface area (Å²) in [6.07, 6.45) is 0. The summed E-state index contributed by atoms with van der Waals surface area (Å²) in [6, 6.07) is 25.7. The van der Waals surface area contributed by atoms with Crippen molar-refractivity contribution >= 4 is 11.6 Å². The van der Waals surface area contributed by atoms with Crippen LogP contribution in [0.15, 0.2) is 78.9 Å². The van der Waals surface area contributed by atoms with Gasteiger partial charge in [0.15, 0.2) is 0 Å². The maximum atomic E-state index is 13.4. The summed E-state index contributed by atoms with van der Waals surface area (Å²) in [5.41, 5.74) is 6.83. The summed E-state index contributed by atoms with van der Waals surface area (Å²) in [5.74, 6) is -0.152. The van der Waals surface area contributed by atoms with Crippen molar-refractivity contribution in [3.8, 4) is 16.9 Å². The molecule has 1 amide bonds. The number of anilines is 1. The largest absolute Gasteiger partial charge is 0.321 e. The molecule has 4 aromatic rings. The number of nitrogens with one attached hydrogen (secondary N) is 1. The van der Waals surface area contributed by atoms with Crippen LogP contribution in [0, 0.1) is 20.8 Å². The van der Waals surface area contributed by atoms with Gasteiger partial charge in [-0.3, -0.25) is 4.79 Å². The molecule has 1 aromatic heterocycles. The van der Waals surface area contributed by atoms with E-state index in [1.165, 1.54) is 0 Å². The lowest BCUT2D eigenvalue weighted by Gasteiger charge is -2.12. The molecule has 0 fully saturated rings. The second-order valence-electron chi connectivity index (χ2n) is 7.14. The van der Waals surface area contributed by atoms with Crippen LogP contribution >= 0.6 is 0 Å². The van der Waals surface area contributed by atoms with Crippen molar-refractivity contribution in [1.29, 1.82) is 0 Å². The lowest BCUT2D eigenvalue weighted by Crippen LogP contribution is -2.15. The lowest BCUT2D eigenvalue weighted by atomic mass is 10.0. The van der Waals surface area contributed by atoms with E-state index in [1.54, 1.807) is 0 Å². The predicted octanol–water partition coefficient (Wildman–Crippen LogP) is 5.72. The Morgan fingerprint density at radius 2 is 1.38 bits per heavy atom. The normalized spacial score (nSPS) is 10.7. The number of carbonyl (C=O) groups excluding carboxylic acids is 1. The minimum absolute atomic E-state index is 0.152. The van der Waals surface area contributed by atoms with Crippen molar-refractivity contribution in [3.05, 3.63) is 101 Å². The third-order valence-electron chi connectivity index (χ3n) is 5.11. The van der Waals surface area contributed by atoms with Crippen LogP contribution in [0.1, 0.15) is 27.2 Å². The molecule has 1 N–H and O–H groups in total. The number of hydrogen-bond acceptors (Lipinski definition) is 2. The number of amides is 1. The van der Waals surface area contributed by atoms with E-state index in [0.29, 0.717) is 11.3 Å². The van der Waals surface area contributed by atoms with Crippen LogP contribution in [-0.4, -0.2) is 15.7 Å². The molecule has 0 bridgehead atoms. The molecular formula is C25H23N3O. The monoisotopic (exact) mass is 381 g/mol. The first-order valence-corrected chi connectivity index (χ1v) is 9.64. The summed E-state index contributed by atoms with van der Waals surface area (Å²) < 4.78 is 1.84. The number of para-hydroxylation sites is 2. The number of nitrogens with zero attached hydrogens (tertiary/aromatic N) is 2. The van der Waals surface area contributed by atoms with Crippen LogP contribution < -0.4 is 5.32 Å². The van der Waals surface area contributed by atoms with Crippen molar-refractivity contribution in [2.75, 3.05) is 5.32 Å². The molecule has 0 aliphatic rings. The van der Waals surface area contributed by atoms with E-state index in [-0.39, 0.29) is 5.91 Å². The Hall–Kier alpha value is -3.66. The number of hydrogen-bond donors (Lipinski definition) is 1. The third-order valence-corrected chi connectivity index (χ3v) is 5.11. The fraction of sp³-hybridized carbons (Fsp3) is 0.120. The Kier molecular flexibility index (Phi) is 5.00. The molecule has 0 spiro atoms. The van der Waals surface area contributed by atoms with Gasteiger partial charge >= 0.3 is 0 Å². The highest BCUT2D eigenvalue weighted by Crippen LogP contribution is 2.29. The molecular weight excluding hydrogens is 358 g/mol. The van der Waals surface area contributed by atoms with E-state index in [2.05, 4.69) is 5.32 Å². The number of benzene rings is 3. The molecule has 0 aliphatic heterocycles. The molecule has 0 atom stereocenters. The van der Waals surface area contributed by atoms with Gasteiger partial charge in [0.25, 0.3) is 5.91 Å². The van der Waals surface area contributed by atoms with E-state index in [1.807, 2.05) is 104 Å². The Labute approximate surface area is 170 Å². The van der Waals surface area contributed by atoms with E-state index >= 15 is 0 Å². The first-order valence-electron chi connectivity index (χ1n) is 9.64. The molecule has 1 heterocycles. The summed E-state index contributed by atoms with van der Waals surface area (Å²) in [4.78, 5) is 13.4. The van der Waals surface area contributed by atoms with Gasteiger partial charge in [0.05, 0.1) is 16.9 Å². The highest BCUT2D eigenvalue weighted by Gasteiger charge is 2.23. The number of carbonyl (C=O) groups is 1. The summed E-state index contributed by atoms with van der Waals surface area (Å²) in [6.45, 7) is 5.94. The Bertz CT molecular complexity index is 1140. The van der Waals surface area contributed by atoms with Gasteiger partial charge in [-0.25, -0.2) is 4.68 Å². The Balaban J connectivity index is 1.85. The van der Waals surface area contributed by atoms with Crippen molar-refractivity contribution in [2.45, 2.75) is 20.8 Å². The zero-order chi connectivity index (χ0) is 20.4. The summed E-state index contributed by atoms with van der Waals surface area (Å²) in [5, 5.41) is 7.93. The molecule has 0 aliphatic carbocycles. The first-order chi connectivity index (χ1) is 14.1. The summed E-state index contributed by atoms with van der Waals surface area (Å²) in [7, 11) is 0. The molecule has 3 aromatic carbocycles. The van der Waals surface area contributed by atoms with Gasteiger partial charge in [-0.05, 0) is 44.0 Å². The van der Waals surface area contributed by atoms with Crippen LogP contribution in [0.5, 0.6) is 0 Å². The fourth-order valence-corrected chi connectivity index (χ4v) is 3.58. The van der Waals surface area contributed by atoms with Gasteiger partial charge in [0.2, 0.25) is 0 Å². The SMILES string of the molecule is Cc1cccc(C)c1NC(=O)c1c(-c2ccccc2)nn(-c2ccccc2)c1C.